The lowest BCUT2D eigenvalue weighted by Crippen LogP contribution is -2.43. The minimum Gasteiger partial charge on any atom is -0.480 e. The maximum absolute atomic E-state index is 12.2. The molecule has 0 fully saturated rings. The van der Waals surface area contributed by atoms with Crippen LogP contribution in [0.4, 0.5) is 13.2 Å². The molecule has 19 nitrogen and oxygen atoms in total. The second-order valence-electron chi connectivity index (χ2n) is 15.4. The van der Waals surface area contributed by atoms with Gasteiger partial charge in [-0.3, -0.25) is 34.4 Å². The van der Waals surface area contributed by atoms with Crippen LogP contribution in [0.15, 0.2) is 212 Å². The molecule has 7 heterocycles. The number of rotatable bonds is 12. The first-order valence-electron chi connectivity index (χ1n) is 23.1. The molecule has 0 aliphatic heterocycles. The summed E-state index contributed by atoms with van der Waals surface area (Å²) < 4.78 is 77.7. The molecule has 0 radical (unpaired) electrons. The minimum atomic E-state index is -4.40. The van der Waals surface area contributed by atoms with Crippen molar-refractivity contribution in [2.75, 3.05) is 26.4 Å². The van der Waals surface area contributed by atoms with E-state index in [9.17, 15) is 36.2 Å². The van der Waals surface area contributed by atoms with Crippen molar-refractivity contribution >= 4 is 42.4 Å². The van der Waals surface area contributed by atoms with Gasteiger partial charge in [-0.2, -0.15) is 31.8 Å². The van der Waals surface area contributed by atoms with Crippen LogP contribution in [-0.2, 0) is 30.5 Å². The van der Waals surface area contributed by atoms with Crippen LogP contribution in [0.25, 0.3) is 28.3 Å². The van der Waals surface area contributed by atoms with Crippen LogP contribution in [0.1, 0.15) is 12.6 Å². The molecule has 0 atom stereocenters. The van der Waals surface area contributed by atoms with Gasteiger partial charge in [0.05, 0.1) is 47.7 Å². The number of carboxylic acid groups (broad SMARTS) is 1. The normalized spacial score (nSPS) is 10.5. The van der Waals surface area contributed by atoms with Crippen LogP contribution in [-0.4, -0.2) is 121 Å². The third-order valence-electron chi connectivity index (χ3n) is 9.09. The van der Waals surface area contributed by atoms with Crippen LogP contribution < -0.4 is 16.6 Å². The van der Waals surface area contributed by atoms with Gasteiger partial charge in [0.15, 0.2) is 5.03 Å². The number of nitrogens with zero attached hydrogens (tertiary/aromatic N) is 8. The number of halogens is 3. The van der Waals surface area contributed by atoms with E-state index in [0.29, 0.717) is 31.1 Å². The Hall–Kier alpha value is -8.14. The molecule has 9 rings (SSSR count). The molecule has 25 heteroatoms. The molecule has 0 amide bonds. The SMILES string of the molecule is CCOCCOB(O)c1ccccn1.C[Si](C)(O)c1ccccn1.FC(F)(F)c1cc(-c2ccccn2)n[nH]1.NCC(=O)O.O=S(=O)(O)c1ccccn1.c1ccc(-c2ccccn2)cc1.c1ccc(-n2cccn2)cc1. The first-order chi connectivity index (χ1) is 36.8. The number of ether oxygens (including phenoxy) is 1. The summed E-state index contributed by atoms with van der Waals surface area (Å²) in [6, 6.07) is 49.1. The highest BCUT2D eigenvalue weighted by Gasteiger charge is 2.33. The molecule has 0 saturated carbocycles. The fourth-order valence-electron chi connectivity index (χ4n) is 5.45. The summed E-state index contributed by atoms with van der Waals surface area (Å²) in [5.74, 6) is -0.968. The van der Waals surface area contributed by atoms with E-state index in [-0.39, 0.29) is 17.3 Å². The van der Waals surface area contributed by atoms with Crippen molar-refractivity contribution in [1.29, 1.82) is 0 Å². The number of para-hydroxylation sites is 1. The Morgan fingerprint density at radius 2 is 1.23 bits per heavy atom. The Morgan fingerprint density at radius 3 is 1.65 bits per heavy atom. The van der Waals surface area contributed by atoms with Crippen molar-refractivity contribution in [1.82, 2.24) is 44.9 Å². The molecule has 7 aromatic heterocycles. The number of hydrogen-bond acceptors (Lipinski definition) is 15. The Kier molecular flexibility index (Phi) is 28.2. The molecule has 0 aliphatic carbocycles. The number of aromatic amines is 1. The second kappa shape index (κ2) is 34.4. The predicted molar refractivity (Wildman–Crippen MR) is 289 cm³/mol. The summed E-state index contributed by atoms with van der Waals surface area (Å²) in [7, 11) is -7.22. The number of carboxylic acids is 1. The van der Waals surface area contributed by atoms with Crippen molar-refractivity contribution < 1.29 is 55.3 Å². The lowest BCUT2D eigenvalue weighted by molar-refractivity contribution is -0.141. The van der Waals surface area contributed by atoms with E-state index in [1.165, 1.54) is 24.5 Å². The van der Waals surface area contributed by atoms with Crippen LogP contribution in [0.5, 0.6) is 0 Å². The summed E-state index contributed by atoms with van der Waals surface area (Å²) >= 11 is 0. The highest BCUT2D eigenvalue weighted by molar-refractivity contribution is 7.85. The molecular weight excluding hydrogens is 1040 g/mol. The number of carbonyl (C=O) groups is 1. The fourth-order valence-corrected chi connectivity index (χ4v) is 6.79. The van der Waals surface area contributed by atoms with Crippen LogP contribution in [0, 0.1) is 0 Å². The van der Waals surface area contributed by atoms with Gasteiger partial charge >= 0.3 is 29.4 Å². The predicted octanol–water partition coefficient (Wildman–Crippen LogP) is 6.78. The Labute approximate surface area is 445 Å². The van der Waals surface area contributed by atoms with Crippen molar-refractivity contribution in [2.45, 2.75) is 31.2 Å². The first kappa shape index (κ1) is 63.2. The Morgan fingerprint density at radius 1 is 0.701 bits per heavy atom. The van der Waals surface area contributed by atoms with Crippen molar-refractivity contribution in [3.63, 3.8) is 0 Å². The number of pyridine rings is 5. The Balaban J connectivity index is 0.000000240. The summed E-state index contributed by atoms with van der Waals surface area (Å²) in [5, 5.41) is 27.2. The number of nitrogens with two attached hydrogens (primary N) is 1. The Bertz CT molecular complexity index is 3010. The van der Waals surface area contributed by atoms with Crippen molar-refractivity contribution in [2.24, 2.45) is 5.73 Å². The van der Waals surface area contributed by atoms with E-state index in [2.05, 4.69) is 53.0 Å². The lowest BCUT2D eigenvalue weighted by atomic mass is 9.85. The maximum Gasteiger partial charge on any atom is 0.510 e. The van der Waals surface area contributed by atoms with Gasteiger partial charge in [-0.25, -0.2) is 9.67 Å². The van der Waals surface area contributed by atoms with Gasteiger partial charge in [0.1, 0.15) is 11.4 Å². The van der Waals surface area contributed by atoms with Gasteiger partial charge < -0.3 is 30.1 Å². The second-order valence-corrected chi connectivity index (χ2v) is 20.4. The molecule has 0 bridgehead atoms. The molecule has 0 saturated heterocycles. The maximum atomic E-state index is 12.2. The quantitative estimate of drug-likeness (QED) is 0.0418. The van der Waals surface area contributed by atoms with E-state index in [0.717, 1.165) is 28.3 Å². The summed E-state index contributed by atoms with van der Waals surface area (Å²) in [6.07, 6.45) is 7.22. The van der Waals surface area contributed by atoms with Gasteiger partial charge in [-0.05, 0) is 105 Å². The van der Waals surface area contributed by atoms with Crippen molar-refractivity contribution in [3.8, 4) is 28.3 Å². The zero-order valence-corrected chi connectivity index (χ0v) is 43.9. The van der Waals surface area contributed by atoms with Gasteiger partial charge in [0, 0.05) is 55.5 Å². The third-order valence-corrected chi connectivity index (χ3v) is 11.4. The fraction of sp³-hybridized carbons (Fsp3) is 0.154. The van der Waals surface area contributed by atoms with E-state index >= 15 is 0 Å². The van der Waals surface area contributed by atoms with Crippen LogP contribution in [0.2, 0.25) is 13.1 Å². The number of H-pyrrole nitrogens is 1. The van der Waals surface area contributed by atoms with Gasteiger partial charge in [-0.15, -0.1) is 0 Å². The average Bonchev–Trinajstić information content (AvgIpc) is 4.20. The number of nitrogens with one attached hydrogen (secondary N) is 1. The summed E-state index contributed by atoms with van der Waals surface area (Å²) in [4.78, 5) is 38.4. The highest BCUT2D eigenvalue weighted by Crippen LogP contribution is 2.29. The summed E-state index contributed by atoms with van der Waals surface area (Å²) in [5.41, 5.74) is 8.09. The standard InChI is InChI=1S/C11H9N.C9H14BNO3.C9H6F3N3.C9H8N2.C7H11NOSi.C5H5NO3S.C2H5NO2/c1-2-6-10(7-3-1)11-8-4-5-9-12-11;1-2-13-7-8-14-10(12)9-5-3-4-6-11-9;10-9(11,12)8-5-7(14-15-8)6-3-1-2-4-13-6;1-2-5-9(6-3-1)11-8-4-7-10-11;1-10(2,9)7-5-3-4-6-8-7;7-10(8,9)5-3-1-2-4-6-5;3-1-2(4)5/h1-9H;3-6,12H,2,7-8H2,1H3;1-5H,(H,14,15);1-8H;3-6,9H,1-2H3;1-4H,(H,7,8,9);1,3H2,(H,4,5). The van der Waals surface area contributed by atoms with E-state index < -0.39 is 43.4 Å². The van der Waals surface area contributed by atoms with Gasteiger partial charge in [0.2, 0.25) is 8.32 Å². The van der Waals surface area contributed by atoms with E-state index in [4.69, 9.17) is 19.1 Å². The molecule has 7 N–H and O–H groups in total. The number of hydrogen-bond donors (Lipinski definition) is 6. The molecule has 404 valence electrons. The largest absolute Gasteiger partial charge is 0.510 e. The van der Waals surface area contributed by atoms with Crippen LogP contribution >= 0.6 is 0 Å². The minimum absolute atomic E-state index is 0.183. The lowest BCUT2D eigenvalue weighted by Gasteiger charge is -2.11. The van der Waals surface area contributed by atoms with E-state index in [1.807, 2.05) is 133 Å². The van der Waals surface area contributed by atoms with Gasteiger partial charge in [-0.1, -0.05) is 78.9 Å². The molecule has 77 heavy (non-hydrogen) atoms. The summed E-state index contributed by atoms with van der Waals surface area (Å²) in [6.45, 7) is 6.86. The number of aromatic nitrogens is 9. The first-order valence-corrected chi connectivity index (χ1v) is 27.5. The molecule has 0 aliphatic rings. The smallest absolute Gasteiger partial charge is 0.480 e. The molecule has 2 aromatic carbocycles. The average molecular weight is 1100 g/mol. The molecule has 0 unspecified atom stereocenters. The third kappa shape index (κ3) is 26.3. The zero-order chi connectivity index (χ0) is 56.4. The topological polar surface area (TPSA) is 288 Å². The van der Waals surface area contributed by atoms with Crippen molar-refractivity contribution in [3.05, 3.63) is 213 Å². The molecule has 0 spiro atoms. The van der Waals surface area contributed by atoms with Crippen LogP contribution in [0.3, 0.4) is 0 Å². The number of aliphatic carboxylic acids is 1. The monoisotopic (exact) mass is 1090 g/mol. The molecular formula is C52H58BF3N10O9SSi. The van der Waals surface area contributed by atoms with Gasteiger partial charge in [0.25, 0.3) is 0 Å². The number of alkyl halides is 3. The zero-order valence-electron chi connectivity index (χ0n) is 42.1. The molecule has 9 aromatic rings. The number of benzene rings is 2. The highest BCUT2D eigenvalue weighted by atomic mass is 32.2. The van der Waals surface area contributed by atoms with E-state index in [1.54, 1.807) is 61.1 Å².